The maximum atomic E-state index is 11.3. The molecule has 0 bridgehead atoms. The molecule has 1 rings (SSSR count). The highest BCUT2D eigenvalue weighted by Gasteiger charge is 2.15. The molecule has 14 heavy (non-hydrogen) atoms. The van der Waals surface area contributed by atoms with Gasteiger partial charge in [-0.25, -0.2) is 4.79 Å². The Bertz CT molecular complexity index is 363. The van der Waals surface area contributed by atoms with Gasteiger partial charge in [0.2, 0.25) is 5.88 Å². The molecular formula is C9H12N2O3. The molecule has 0 radical (unpaired) electrons. The summed E-state index contributed by atoms with van der Waals surface area (Å²) in [5.74, 6) is 0.0342. The second-order valence-electron chi connectivity index (χ2n) is 2.74. The van der Waals surface area contributed by atoms with E-state index in [1.165, 1.54) is 14.2 Å². The molecule has 0 fully saturated rings. The van der Waals surface area contributed by atoms with Crippen molar-refractivity contribution in [1.82, 2.24) is 4.98 Å². The molecule has 1 aromatic rings. The van der Waals surface area contributed by atoms with Gasteiger partial charge >= 0.3 is 5.97 Å². The molecule has 0 aliphatic carbocycles. The molecule has 1 aromatic heterocycles. The van der Waals surface area contributed by atoms with Crippen LogP contribution in [0.3, 0.4) is 0 Å². The van der Waals surface area contributed by atoms with Gasteiger partial charge in [-0.3, -0.25) is 0 Å². The summed E-state index contributed by atoms with van der Waals surface area (Å²) in [7, 11) is 2.72. The Labute approximate surface area is 81.8 Å². The Kier molecular flexibility index (Phi) is 2.91. The number of rotatable bonds is 2. The van der Waals surface area contributed by atoms with Gasteiger partial charge in [-0.2, -0.15) is 4.98 Å². The molecule has 5 heteroatoms. The maximum absolute atomic E-state index is 11.3. The van der Waals surface area contributed by atoms with Crippen molar-refractivity contribution in [3.63, 3.8) is 0 Å². The smallest absolute Gasteiger partial charge is 0.343 e. The molecule has 0 atom stereocenters. The number of nitrogens with two attached hydrogens (primary N) is 1. The molecule has 0 amide bonds. The summed E-state index contributed by atoms with van der Waals surface area (Å²) in [5.41, 5.74) is 6.56. The molecule has 76 valence electrons. The number of anilines is 1. The third-order valence-corrected chi connectivity index (χ3v) is 1.82. The predicted molar refractivity (Wildman–Crippen MR) is 51.3 cm³/mol. The van der Waals surface area contributed by atoms with E-state index < -0.39 is 5.97 Å². The highest BCUT2D eigenvalue weighted by atomic mass is 16.5. The molecular weight excluding hydrogens is 184 g/mol. The normalized spacial score (nSPS) is 9.64. The van der Waals surface area contributed by atoms with Gasteiger partial charge in [0.1, 0.15) is 11.4 Å². The summed E-state index contributed by atoms with van der Waals surface area (Å²) in [6.07, 6.45) is 0. The van der Waals surface area contributed by atoms with Gasteiger partial charge in [0.05, 0.1) is 14.2 Å². The molecule has 0 aromatic carbocycles. The Hall–Kier alpha value is -1.78. The van der Waals surface area contributed by atoms with E-state index >= 15 is 0 Å². The minimum absolute atomic E-state index is 0.181. The van der Waals surface area contributed by atoms with E-state index in [2.05, 4.69) is 9.72 Å². The standard InChI is InChI=1S/C9H12N2O3/c1-5-4-6(9(12)14-3)8(13-2)11-7(5)10/h4H,1-3H3,(H2,10,11). The fourth-order valence-electron chi connectivity index (χ4n) is 1.02. The molecule has 0 spiro atoms. The number of esters is 1. The zero-order valence-corrected chi connectivity index (χ0v) is 8.33. The maximum Gasteiger partial charge on any atom is 0.343 e. The van der Waals surface area contributed by atoms with Crippen LogP contribution in [-0.4, -0.2) is 25.2 Å². The van der Waals surface area contributed by atoms with Crippen molar-refractivity contribution in [2.24, 2.45) is 0 Å². The van der Waals surface area contributed by atoms with E-state index in [4.69, 9.17) is 10.5 Å². The predicted octanol–water partition coefficient (Wildman–Crippen LogP) is 0.767. The van der Waals surface area contributed by atoms with Crippen LogP contribution >= 0.6 is 0 Å². The summed E-state index contributed by atoms with van der Waals surface area (Å²) in [6, 6.07) is 1.59. The van der Waals surface area contributed by atoms with Crippen LogP contribution in [0.4, 0.5) is 5.82 Å². The lowest BCUT2D eigenvalue weighted by Gasteiger charge is -2.08. The average molecular weight is 196 g/mol. The van der Waals surface area contributed by atoms with Crippen LogP contribution in [0.15, 0.2) is 6.07 Å². The zero-order valence-electron chi connectivity index (χ0n) is 8.33. The number of carbonyl (C=O) groups excluding carboxylic acids is 1. The van der Waals surface area contributed by atoms with E-state index in [-0.39, 0.29) is 11.4 Å². The van der Waals surface area contributed by atoms with E-state index in [0.717, 1.165) is 0 Å². The lowest BCUT2D eigenvalue weighted by molar-refractivity contribution is 0.0596. The van der Waals surface area contributed by atoms with Crippen molar-refractivity contribution in [2.45, 2.75) is 6.92 Å². The van der Waals surface area contributed by atoms with Crippen molar-refractivity contribution < 1.29 is 14.3 Å². The van der Waals surface area contributed by atoms with Crippen molar-refractivity contribution in [3.05, 3.63) is 17.2 Å². The van der Waals surface area contributed by atoms with Gasteiger partial charge in [-0.05, 0) is 18.6 Å². The first kappa shape index (κ1) is 10.3. The Morgan fingerprint density at radius 1 is 1.50 bits per heavy atom. The Balaban J connectivity index is 3.27. The van der Waals surface area contributed by atoms with Gasteiger partial charge in [0.15, 0.2) is 0 Å². The number of nitrogen functional groups attached to an aromatic ring is 1. The highest BCUT2D eigenvalue weighted by molar-refractivity contribution is 5.92. The van der Waals surface area contributed by atoms with Gasteiger partial charge in [-0.1, -0.05) is 0 Å². The zero-order chi connectivity index (χ0) is 10.7. The second-order valence-corrected chi connectivity index (χ2v) is 2.74. The lowest BCUT2D eigenvalue weighted by atomic mass is 10.2. The first-order chi connectivity index (χ1) is 6.60. The van der Waals surface area contributed by atoms with E-state index in [0.29, 0.717) is 11.4 Å². The van der Waals surface area contributed by atoms with Crippen molar-refractivity contribution in [3.8, 4) is 5.88 Å². The van der Waals surface area contributed by atoms with Crippen LogP contribution in [-0.2, 0) is 4.74 Å². The Morgan fingerprint density at radius 2 is 2.14 bits per heavy atom. The topological polar surface area (TPSA) is 74.4 Å². The van der Waals surface area contributed by atoms with Crippen LogP contribution in [0.5, 0.6) is 5.88 Å². The van der Waals surface area contributed by atoms with Crippen molar-refractivity contribution in [1.29, 1.82) is 0 Å². The second kappa shape index (κ2) is 3.95. The van der Waals surface area contributed by atoms with Crippen LogP contribution in [0.25, 0.3) is 0 Å². The molecule has 0 saturated carbocycles. The number of methoxy groups -OCH3 is 2. The number of nitrogens with zero attached hydrogens (tertiary/aromatic N) is 1. The average Bonchev–Trinajstić information content (AvgIpc) is 2.20. The largest absolute Gasteiger partial charge is 0.480 e. The van der Waals surface area contributed by atoms with Crippen molar-refractivity contribution >= 4 is 11.8 Å². The molecule has 0 aliphatic heterocycles. The van der Waals surface area contributed by atoms with E-state index in [1.54, 1.807) is 13.0 Å². The van der Waals surface area contributed by atoms with Crippen molar-refractivity contribution in [2.75, 3.05) is 20.0 Å². The summed E-state index contributed by atoms with van der Waals surface area (Å²) in [4.78, 5) is 15.2. The van der Waals surface area contributed by atoms with Gasteiger partial charge in [-0.15, -0.1) is 0 Å². The van der Waals surface area contributed by atoms with Crippen LogP contribution in [0.2, 0.25) is 0 Å². The molecule has 5 nitrogen and oxygen atoms in total. The fourth-order valence-corrected chi connectivity index (χ4v) is 1.02. The lowest BCUT2D eigenvalue weighted by Crippen LogP contribution is -2.08. The minimum atomic E-state index is -0.488. The molecule has 2 N–H and O–H groups in total. The summed E-state index contributed by atoms with van der Waals surface area (Å²) < 4.78 is 9.49. The number of hydrogen-bond acceptors (Lipinski definition) is 5. The molecule has 0 aliphatic rings. The number of pyridine rings is 1. The number of aromatic nitrogens is 1. The minimum Gasteiger partial charge on any atom is -0.480 e. The molecule has 0 unspecified atom stereocenters. The fraction of sp³-hybridized carbons (Fsp3) is 0.333. The number of ether oxygens (including phenoxy) is 2. The first-order valence-corrected chi connectivity index (χ1v) is 3.99. The third kappa shape index (κ3) is 1.76. The monoisotopic (exact) mass is 196 g/mol. The molecule has 1 heterocycles. The number of hydrogen-bond donors (Lipinski definition) is 1. The summed E-state index contributed by atoms with van der Waals surface area (Å²) in [6.45, 7) is 1.76. The van der Waals surface area contributed by atoms with Crippen LogP contribution < -0.4 is 10.5 Å². The van der Waals surface area contributed by atoms with Gasteiger partial charge < -0.3 is 15.2 Å². The quantitative estimate of drug-likeness (QED) is 0.707. The number of aryl methyl sites for hydroxylation is 1. The summed E-state index contributed by atoms with van der Waals surface area (Å²) >= 11 is 0. The summed E-state index contributed by atoms with van der Waals surface area (Å²) in [5, 5.41) is 0. The Morgan fingerprint density at radius 3 is 2.64 bits per heavy atom. The number of carbonyl (C=O) groups is 1. The van der Waals surface area contributed by atoms with E-state index in [9.17, 15) is 4.79 Å². The van der Waals surface area contributed by atoms with Gasteiger partial charge in [0, 0.05) is 0 Å². The molecule has 0 saturated heterocycles. The SMILES string of the molecule is COC(=O)c1cc(C)c(N)nc1OC. The van der Waals surface area contributed by atoms with Crippen LogP contribution in [0.1, 0.15) is 15.9 Å². The van der Waals surface area contributed by atoms with E-state index in [1.807, 2.05) is 0 Å². The third-order valence-electron chi connectivity index (χ3n) is 1.82. The first-order valence-electron chi connectivity index (χ1n) is 3.99. The van der Waals surface area contributed by atoms with Gasteiger partial charge in [0.25, 0.3) is 0 Å². The van der Waals surface area contributed by atoms with Crippen LogP contribution in [0, 0.1) is 6.92 Å². The highest BCUT2D eigenvalue weighted by Crippen LogP contribution is 2.21.